The van der Waals surface area contributed by atoms with Gasteiger partial charge in [-0.2, -0.15) is 4.98 Å². The highest BCUT2D eigenvalue weighted by molar-refractivity contribution is 5.47. The van der Waals surface area contributed by atoms with Gasteiger partial charge in [-0.05, 0) is 25.7 Å². The van der Waals surface area contributed by atoms with E-state index in [0.717, 1.165) is 23.8 Å². The highest BCUT2D eigenvalue weighted by Crippen LogP contribution is 2.27. The minimum atomic E-state index is 0.360. The molecular weight excluding hydrogens is 200 g/mol. The van der Waals surface area contributed by atoms with Crippen molar-refractivity contribution in [3.63, 3.8) is 0 Å². The van der Waals surface area contributed by atoms with Crippen LogP contribution in [-0.2, 0) is 0 Å². The van der Waals surface area contributed by atoms with Gasteiger partial charge in [0.1, 0.15) is 5.82 Å². The monoisotopic (exact) mass is 220 g/mol. The molecule has 1 aromatic heterocycles. The number of rotatable bonds is 3. The van der Waals surface area contributed by atoms with Crippen molar-refractivity contribution < 1.29 is 0 Å². The Balaban J connectivity index is 2.07. The SMILES string of the molecule is Cc1cnc(N)nc1N(C)CC1CCCC1. The molecule has 0 unspecified atom stereocenters. The quantitative estimate of drug-likeness (QED) is 0.846. The maximum Gasteiger partial charge on any atom is 0.221 e. The molecule has 0 radical (unpaired) electrons. The molecule has 0 bridgehead atoms. The van der Waals surface area contributed by atoms with Crippen LogP contribution in [0.15, 0.2) is 6.20 Å². The molecule has 0 saturated heterocycles. The van der Waals surface area contributed by atoms with Crippen molar-refractivity contribution in [2.45, 2.75) is 32.6 Å². The maximum atomic E-state index is 5.62. The van der Waals surface area contributed by atoms with Gasteiger partial charge in [-0.3, -0.25) is 0 Å². The molecule has 0 atom stereocenters. The summed E-state index contributed by atoms with van der Waals surface area (Å²) in [5.41, 5.74) is 6.72. The van der Waals surface area contributed by atoms with Crippen LogP contribution in [0.2, 0.25) is 0 Å². The van der Waals surface area contributed by atoms with E-state index in [1.54, 1.807) is 6.20 Å². The standard InChI is InChI=1S/C12H20N4/c1-9-7-14-12(13)15-11(9)16(2)8-10-5-3-4-6-10/h7,10H,3-6,8H2,1-2H3,(H2,13,14,15). The smallest absolute Gasteiger partial charge is 0.221 e. The number of aromatic nitrogens is 2. The van der Waals surface area contributed by atoms with Crippen molar-refractivity contribution in [1.29, 1.82) is 0 Å². The van der Waals surface area contributed by atoms with Gasteiger partial charge in [-0.1, -0.05) is 12.8 Å². The number of hydrogen-bond donors (Lipinski definition) is 1. The third kappa shape index (κ3) is 2.43. The fourth-order valence-electron chi connectivity index (χ4n) is 2.50. The summed E-state index contributed by atoms with van der Waals surface area (Å²) < 4.78 is 0. The Morgan fingerprint density at radius 3 is 2.81 bits per heavy atom. The third-order valence-electron chi connectivity index (χ3n) is 3.33. The predicted molar refractivity (Wildman–Crippen MR) is 66.4 cm³/mol. The fraction of sp³-hybridized carbons (Fsp3) is 0.667. The zero-order chi connectivity index (χ0) is 11.5. The first kappa shape index (κ1) is 11.2. The van der Waals surface area contributed by atoms with Crippen LogP contribution < -0.4 is 10.6 Å². The summed E-state index contributed by atoms with van der Waals surface area (Å²) >= 11 is 0. The molecule has 88 valence electrons. The second kappa shape index (κ2) is 4.68. The van der Waals surface area contributed by atoms with Crippen LogP contribution >= 0.6 is 0 Å². The van der Waals surface area contributed by atoms with Gasteiger partial charge in [0.15, 0.2) is 0 Å². The van der Waals surface area contributed by atoms with Crippen LogP contribution in [0.1, 0.15) is 31.2 Å². The molecule has 16 heavy (non-hydrogen) atoms. The predicted octanol–water partition coefficient (Wildman–Crippen LogP) is 1.99. The van der Waals surface area contributed by atoms with E-state index in [4.69, 9.17) is 5.73 Å². The number of hydrogen-bond acceptors (Lipinski definition) is 4. The first-order valence-electron chi connectivity index (χ1n) is 5.97. The van der Waals surface area contributed by atoms with Gasteiger partial charge in [0.05, 0.1) is 0 Å². The molecular formula is C12H20N4. The molecule has 1 saturated carbocycles. The van der Waals surface area contributed by atoms with Crippen LogP contribution in [0.5, 0.6) is 0 Å². The Hall–Kier alpha value is -1.32. The van der Waals surface area contributed by atoms with Gasteiger partial charge in [0.2, 0.25) is 5.95 Å². The molecule has 1 aliphatic carbocycles. The first-order chi connectivity index (χ1) is 7.66. The molecule has 0 aliphatic heterocycles. The van der Waals surface area contributed by atoms with E-state index in [1.165, 1.54) is 25.7 Å². The Morgan fingerprint density at radius 1 is 1.44 bits per heavy atom. The molecule has 4 heteroatoms. The molecule has 0 spiro atoms. The van der Waals surface area contributed by atoms with Crippen molar-refractivity contribution in [2.24, 2.45) is 5.92 Å². The Morgan fingerprint density at radius 2 is 2.12 bits per heavy atom. The number of nitrogens with two attached hydrogens (primary N) is 1. The van der Waals surface area contributed by atoms with Crippen LogP contribution in [-0.4, -0.2) is 23.6 Å². The van der Waals surface area contributed by atoms with E-state index in [9.17, 15) is 0 Å². The van der Waals surface area contributed by atoms with E-state index in [2.05, 4.69) is 21.9 Å². The average molecular weight is 220 g/mol. The number of nitrogens with zero attached hydrogens (tertiary/aromatic N) is 3. The van der Waals surface area contributed by atoms with Crippen LogP contribution in [0.4, 0.5) is 11.8 Å². The van der Waals surface area contributed by atoms with E-state index in [-0.39, 0.29) is 0 Å². The zero-order valence-corrected chi connectivity index (χ0v) is 10.1. The lowest BCUT2D eigenvalue weighted by atomic mass is 10.1. The lowest BCUT2D eigenvalue weighted by Gasteiger charge is -2.23. The van der Waals surface area contributed by atoms with Gasteiger partial charge in [-0.25, -0.2) is 4.98 Å². The van der Waals surface area contributed by atoms with Gasteiger partial charge >= 0.3 is 0 Å². The maximum absolute atomic E-state index is 5.62. The molecule has 1 aromatic rings. The lowest BCUT2D eigenvalue weighted by Crippen LogP contribution is -2.26. The topological polar surface area (TPSA) is 55.0 Å². The van der Waals surface area contributed by atoms with Gasteiger partial charge < -0.3 is 10.6 Å². The average Bonchev–Trinajstić information content (AvgIpc) is 2.74. The zero-order valence-electron chi connectivity index (χ0n) is 10.1. The molecule has 4 nitrogen and oxygen atoms in total. The molecule has 0 amide bonds. The van der Waals surface area contributed by atoms with Crippen molar-refractivity contribution in [2.75, 3.05) is 24.2 Å². The highest BCUT2D eigenvalue weighted by atomic mass is 15.2. The van der Waals surface area contributed by atoms with Crippen molar-refractivity contribution in [1.82, 2.24) is 9.97 Å². The minimum absolute atomic E-state index is 0.360. The summed E-state index contributed by atoms with van der Waals surface area (Å²) in [6.07, 6.45) is 7.25. The lowest BCUT2D eigenvalue weighted by molar-refractivity contribution is 0.544. The van der Waals surface area contributed by atoms with Gasteiger partial charge in [0.25, 0.3) is 0 Å². The van der Waals surface area contributed by atoms with Crippen molar-refractivity contribution in [3.05, 3.63) is 11.8 Å². The Labute approximate surface area is 96.9 Å². The van der Waals surface area contributed by atoms with Gasteiger partial charge in [-0.15, -0.1) is 0 Å². The highest BCUT2D eigenvalue weighted by Gasteiger charge is 2.18. The summed E-state index contributed by atoms with van der Waals surface area (Å²) in [4.78, 5) is 10.5. The summed E-state index contributed by atoms with van der Waals surface area (Å²) in [5, 5.41) is 0. The number of anilines is 2. The molecule has 1 fully saturated rings. The summed E-state index contributed by atoms with van der Waals surface area (Å²) in [6, 6.07) is 0. The van der Waals surface area contributed by atoms with Crippen LogP contribution in [0.3, 0.4) is 0 Å². The summed E-state index contributed by atoms with van der Waals surface area (Å²) in [7, 11) is 2.09. The van der Waals surface area contributed by atoms with Crippen LogP contribution in [0.25, 0.3) is 0 Å². The van der Waals surface area contributed by atoms with E-state index < -0.39 is 0 Å². The number of nitrogen functional groups attached to an aromatic ring is 1. The van der Waals surface area contributed by atoms with Crippen LogP contribution in [0, 0.1) is 12.8 Å². The second-order valence-electron chi connectivity index (χ2n) is 4.77. The minimum Gasteiger partial charge on any atom is -0.368 e. The number of aryl methyl sites for hydroxylation is 1. The van der Waals surface area contributed by atoms with E-state index >= 15 is 0 Å². The van der Waals surface area contributed by atoms with E-state index in [0.29, 0.717) is 5.95 Å². The van der Waals surface area contributed by atoms with E-state index in [1.807, 2.05) is 6.92 Å². The third-order valence-corrected chi connectivity index (χ3v) is 3.33. The Bertz CT molecular complexity index is 358. The molecule has 1 aliphatic rings. The first-order valence-corrected chi connectivity index (χ1v) is 5.97. The van der Waals surface area contributed by atoms with Crippen molar-refractivity contribution >= 4 is 11.8 Å². The summed E-state index contributed by atoms with van der Waals surface area (Å²) in [6.45, 7) is 3.11. The fourth-order valence-corrected chi connectivity index (χ4v) is 2.50. The largest absolute Gasteiger partial charge is 0.368 e. The van der Waals surface area contributed by atoms with Crippen molar-refractivity contribution in [3.8, 4) is 0 Å². The summed E-state index contributed by atoms with van der Waals surface area (Å²) in [5.74, 6) is 2.15. The molecule has 2 N–H and O–H groups in total. The molecule has 0 aromatic carbocycles. The normalized spacial score (nSPS) is 16.6. The second-order valence-corrected chi connectivity index (χ2v) is 4.77. The Kier molecular flexibility index (Phi) is 3.27. The molecule has 1 heterocycles. The molecule has 2 rings (SSSR count). The van der Waals surface area contributed by atoms with Gasteiger partial charge in [0, 0.05) is 25.4 Å².